The van der Waals surface area contributed by atoms with Crippen molar-refractivity contribution in [3.8, 4) is 0 Å². The van der Waals surface area contributed by atoms with Crippen molar-refractivity contribution >= 4 is 29.7 Å². The SMILES string of the molecule is CC[C@H](C)C[C@H](C)CCC(=O)O[C@@H]1[C@@H](O)[C@@]2(CCC(C)=O)O[C@H](C(=O)O)[C@@](O)(C(=O)O)[C@]1(C(=O)O)O2. The highest BCUT2D eigenvalue weighted by molar-refractivity contribution is 5.98. The Balaban J connectivity index is 2.50. The molecular formula is C23H34O13. The molecule has 0 radical (unpaired) electrons. The number of aliphatic hydroxyl groups excluding tert-OH is 1. The van der Waals surface area contributed by atoms with E-state index in [4.69, 9.17) is 14.2 Å². The summed E-state index contributed by atoms with van der Waals surface area (Å²) in [6.07, 6.45) is -6.52. The number of carboxylic acid groups (broad SMARTS) is 3. The van der Waals surface area contributed by atoms with Crippen LogP contribution in [0.2, 0.25) is 0 Å². The molecule has 36 heavy (non-hydrogen) atoms. The van der Waals surface area contributed by atoms with E-state index in [0.717, 1.165) is 19.8 Å². The lowest BCUT2D eigenvalue weighted by molar-refractivity contribution is -0.373. The van der Waals surface area contributed by atoms with E-state index in [1.807, 2.05) is 20.8 Å². The first-order valence-electron chi connectivity index (χ1n) is 11.8. The topological polar surface area (TPSA) is 214 Å². The molecule has 2 rings (SSSR count). The molecule has 0 aromatic carbocycles. The molecule has 0 amide bonds. The summed E-state index contributed by atoms with van der Waals surface area (Å²) < 4.78 is 15.8. The van der Waals surface area contributed by atoms with Gasteiger partial charge in [0.15, 0.2) is 6.10 Å². The van der Waals surface area contributed by atoms with Crippen molar-refractivity contribution in [2.45, 2.75) is 102 Å². The number of ketones is 1. The molecular weight excluding hydrogens is 484 g/mol. The lowest BCUT2D eigenvalue weighted by atomic mass is 9.74. The molecule has 2 fully saturated rings. The molecule has 0 saturated carbocycles. The van der Waals surface area contributed by atoms with Crippen molar-refractivity contribution in [1.82, 2.24) is 0 Å². The number of carboxylic acids is 3. The normalized spacial score (nSPS) is 35.0. The smallest absolute Gasteiger partial charge is 0.344 e. The number of Topliss-reactive ketones (excluding diaryl/α,β-unsaturated/α-hetero) is 1. The second-order valence-electron chi connectivity index (χ2n) is 9.81. The highest BCUT2D eigenvalue weighted by Crippen LogP contribution is 2.55. The second-order valence-corrected chi connectivity index (χ2v) is 9.81. The van der Waals surface area contributed by atoms with E-state index in [1.165, 1.54) is 0 Å². The van der Waals surface area contributed by atoms with E-state index in [9.17, 15) is 49.5 Å². The summed E-state index contributed by atoms with van der Waals surface area (Å²) >= 11 is 0. The molecule has 5 N–H and O–H groups in total. The summed E-state index contributed by atoms with van der Waals surface area (Å²) in [6.45, 7) is 7.13. The van der Waals surface area contributed by atoms with Gasteiger partial charge in [-0.15, -0.1) is 0 Å². The van der Waals surface area contributed by atoms with E-state index in [2.05, 4.69) is 0 Å². The van der Waals surface area contributed by atoms with Gasteiger partial charge in [0.05, 0.1) is 0 Å². The van der Waals surface area contributed by atoms with Gasteiger partial charge in [-0.25, -0.2) is 14.4 Å². The molecule has 2 aliphatic heterocycles. The summed E-state index contributed by atoms with van der Waals surface area (Å²) in [4.78, 5) is 60.8. The second kappa shape index (κ2) is 10.8. The van der Waals surface area contributed by atoms with Crippen LogP contribution in [-0.4, -0.2) is 90.5 Å². The Hall–Kier alpha value is -2.61. The number of hydrogen-bond donors (Lipinski definition) is 5. The van der Waals surface area contributed by atoms with Gasteiger partial charge in [0, 0.05) is 19.3 Å². The van der Waals surface area contributed by atoms with Crippen molar-refractivity contribution < 1.29 is 63.7 Å². The van der Waals surface area contributed by atoms with E-state index in [-0.39, 0.29) is 12.3 Å². The quantitative estimate of drug-likeness (QED) is 0.208. The molecule has 13 nitrogen and oxygen atoms in total. The van der Waals surface area contributed by atoms with Crippen molar-refractivity contribution in [2.75, 3.05) is 0 Å². The summed E-state index contributed by atoms with van der Waals surface area (Å²) in [7, 11) is 0. The first kappa shape index (κ1) is 29.6. The molecule has 0 aliphatic carbocycles. The van der Waals surface area contributed by atoms with Gasteiger partial charge < -0.3 is 44.5 Å². The fourth-order valence-corrected chi connectivity index (χ4v) is 4.83. The van der Waals surface area contributed by atoms with Crippen molar-refractivity contribution in [3.05, 3.63) is 0 Å². The average Bonchev–Trinajstić information content (AvgIpc) is 3.00. The zero-order valence-corrected chi connectivity index (χ0v) is 20.6. The Morgan fingerprint density at radius 3 is 2.08 bits per heavy atom. The average molecular weight is 519 g/mol. The minimum Gasteiger partial charge on any atom is -0.479 e. The van der Waals surface area contributed by atoms with Crippen LogP contribution >= 0.6 is 0 Å². The Labute approximate surface area is 207 Å². The van der Waals surface area contributed by atoms with Crippen molar-refractivity contribution in [2.24, 2.45) is 11.8 Å². The number of hydrogen-bond acceptors (Lipinski definition) is 10. The predicted octanol–water partition coefficient (Wildman–Crippen LogP) is 0.330. The Morgan fingerprint density at radius 1 is 1.00 bits per heavy atom. The minimum absolute atomic E-state index is 0.0856. The van der Waals surface area contributed by atoms with Gasteiger partial charge in [-0.2, -0.15) is 0 Å². The molecule has 2 aliphatic rings. The first-order chi connectivity index (χ1) is 16.6. The minimum atomic E-state index is -3.82. The third-order valence-electron chi connectivity index (χ3n) is 7.03. The number of fused-ring (bicyclic) bond motifs is 2. The molecule has 204 valence electrons. The zero-order chi connectivity index (χ0) is 27.6. The van der Waals surface area contributed by atoms with Crippen LogP contribution < -0.4 is 0 Å². The number of esters is 1. The maximum Gasteiger partial charge on any atom is 0.344 e. The Kier molecular flexibility index (Phi) is 8.88. The van der Waals surface area contributed by atoms with Crippen LogP contribution in [0.4, 0.5) is 0 Å². The van der Waals surface area contributed by atoms with Gasteiger partial charge in [0.1, 0.15) is 11.9 Å². The van der Waals surface area contributed by atoms with Gasteiger partial charge in [-0.3, -0.25) is 4.79 Å². The highest BCUT2D eigenvalue weighted by atomic mass is 16.8. The standard InChI is InChI=1S/C23H34O13/c1-5-11(2)10-12(3)6-7-14(25)34-16-15(26)21(9-8-13(4)24)35-17(18(27)28)22(33,19(29)30)23(16,36-21)20(31)32/h11-12,15-17,26,33H,5-10H2,1-4H3,(H,27,28)(H,29,30)(H,31,32)/t11-,12+,15+,16+,17+,21-,22+,23-/m0/s1. The third kappa shape index (κ3) is 4.97. The van der Waals surface area contributed by atoms with Crippen LogP contribution in [0.25, 0.3) is 0 Å². The summed E-state index contributed by atoms with van der Waals surface area (Å²) in [5.41, 5.74) is -7.29. The zero-order valence-electron chi connectivity index (χ0n) is 20.6. The van der Waals surface area contributed by atoms with Gasteiger partial charge >= 0.3 is 23.9 Å². The van der Waals surface area contributed by atoms with E-state index < -0.39 is 77.8 Å². The molecule has 2 heterocycles. The fourth-order valence-electron chi connectivity index (χ4n) is 4.83. The van der Waals surface area contributed by atoms with Crippen molar-refractivity contribution in [1.29, 1.82) is 0 Å². The van der Waals surface area contributed by atoms with Crippen LogP contribution in [0.1, 0.15) is 66.2 Å². The number of ether oxygens (including phenoxy) is 3. The number of carbonyl (C=O) groups is 5. The largest absolute Gasteiger partial charge is 0.479 e. The third-order valence-corrected chi connectivity index (χ3v) is 7.03. The van der Waals surface area contributed by atoms with Crippen molar-refractivity contribution in [3.63, 3.8) is 0 Å². The molecule has 8 atom stereocenters. The number of aliphatic hydroxyl groups is 2. The molecule has 0 aromatic rings. The van der Waals surface area contributed by atoms with Gasteiger partial charge in [0.2, 0.25) is 23.1 Å². The van der Waals surface area contributed by atoms with Gasteiger partial charge in [-0.1, -0.05) is 27.2 Å². The van der Waals surface area contributed by atoms with Crippen LogP contribution in [0.15, 0.2) is 0 Å². The molecule has 0 unspecified atom stereocenters. The maximum absolute atomic E-state index is 12.7. The molecule has 2 saturated heterocycles. The summed E-state index contributed by atoms with van der Waals surface area (Å²) in [6, 6.07) is 0. The number of aliphatic carboxylic acids is 3. The Morgan fingerprint density at radius 2 is 1.61 bits per heavy atom. The van der Waals surface area contributed by atoms with E-state index in [0.29, 0.717) is 12.3 Å². The maximum atomic E-state index is 12.7. The number of carbonyl (C=O) groups excluding carboxylic acids is 2. The molecule has 2 bridgehead atoms. The summed E-state index contributed by atoms with van der Waals surface area (Å²) in [5.74, 6) is -10.2. The van der Waals surface area contributed by atoms with E-state index >= 15 is 0 Å². The van der Waals surface area contributed by atoms with Crippen LogP contribution in [-0.2, 0) is 38.2 Å². The highest BCUT2D eigenvalue weighted by Gasteiger charge is 2.85. The molecule has 0 aromatic heterocycles. The molecule has 0 spiro atoms. The van der Waals surface area contributed by atoms with Crippen LogP contribution in [0, 0.1) is 11.8 Å². The summed E-state index contributed by atoms with van der Waals surface area (Å²) in [5, 5.41) is 51.5. The van der Waals surface area contributed by atoms with Gasteiger partial charge in [0.25, 0.3) is 0 Å². The predicted molar refractivity (Wildman–Crippen MR) is 118 cm³/mol. The Bertz CT molecular complexity index is 902. The number of rotatable bonds is 13. The van der Waals surface area contributed by atoms with Gasteiger partial charge in [-0.05, 0) is 31.6 Å². The van der Waals surface area contributed by atoms with E-state index in [1.54, 1.807) is 0 Å². The first-order valence-corrected chi connectivity index (χ1v) is 11.8. The van der Waals surface area contributed by atoms with Crippen LogP contribution in [0.3, 0.4) is 0 Å². The lowest BCUT2D eigenvalue weighted by Gasteiger charge is -2.48. The monoisotopic (exact) mass is 518 g/mol. The molecule has 13 heteroatoms. The lowest BCUT2D eigenvalue weighted by Crippen LogP contribution is -2.78. The fraction of sp³-hybridized carbons (Fsp3) is 0.783. The van der Waals surface area contributed by atoms with Crippen LogP contribution in [0.5, 0.6) is 0 Å².